The van der Waals surface area contributed by atoms with E-state index in [9.17, 15) is 9.90 Å². The Morgan fingerprint density at radius 1 is 1.25 bits per heavy atom. The molecule has 0 saturated carbocycles. The number of aromatic nitrogens is 2. The van der Waals surface area contributed by atoms with Gasteiger partial charge in [0.25, 0.3) is 12.1 Å². The third kappa shape index (κ3) is 4.90. The fraction of sp³-hybridized carbons (Fsp3) is 0.136. The number of amidine groups is 1. The zero-order valence-electron chi connectivity index (χ0n) is 17.0. The minimum absolute atomic E-state index is 0.0261. The molecular weight excluding hydrogens is 450 g/mol. The molecule has 0 atom stereocenters. The number of rotatable bonds is 6. The van der Waals surface area contributed by atoms with Crippen LogP contribution < -0.4 is 14.7 Å². The highest BCUT2D eigenvalue weighted by atomic mass is 35.5. The summed E-state index contributed by atoms with van der Waals surface area (Å²) in [6, 6.07) is 16.3. The zero-order chi connectivity index (χ0) is 22.5. The van der Waals surface area contributed by atoms with E-state index in [4.69, 9.17) is 16.1 Å². The summed E-state index contributed by atoms with van der Waals surface area (Å²) in [6.45, 7) is 2.50. The van der Waals surface area contributed by atoms with Crippen molar-refractivity contribution in [1.29, 1.82) is 0 Å². The fourth-order valence-electron chi connectivity index (χ4n) is 2.89. The van der Waals surface area contributed by atoms with Gasteiger partial charge in [0.15, 0.2) is 11.7 Å². The third-order valence-electron chi connectivity index (χ3n) is 4.42. The molecule has 10 heteroatoms. The third-order valence-corrected chi connectivity index (χ3v) is 5.69. The van der Waals surface area contributed by atoms with Crippen molar-refractivity contribution in [2.24, 2.45) is 9.98 Å². The lowest BCUT2D eigenvalue weighted by Gasteiger charge is -2.18. The zero-order valence-corrected chi connectivity index (χ0v) is 18.6. The Balaban J connectivity index is 1.60. The molecule has 1 aliphatic rings. The molecule has 1 amide bonds. The Hall–Kier alpha value is -3.43. The van der Waals surface area contributed by atoms with E-state index in [2.05, 4.69) is 15.3 Å². The second-order valence-electron chi connectivity index (χ2n) is 6.61. The smallest absolute Gasteiger partial charge is 0.320 e. The van der Waals surface area contributed by atoms with Crippen molar-refractivity contribution in [2.45, 2.75) is 13.5 Å². The van der Waals surface area contributed by atoms with E-state index in [1.165, 1.54) is 9.58 Å². The lowest BCUT2D eigenvalue weighted by molar-refractivity contribution is -0.759. The van der Waals surface area contributed by atoms with Crippen LogP contribution in [-0.4, -0.2) is 28.0 Å². The molecule has 0 bridgehead atoms. The van der Waals surface area contributed by atoms with Gasteiger partial charge < -0.3 is 5.11 Å². The fourth-order valence-corrected chi connectivity index (χ4v) is 3.87. The Morgan fingerprint density at radius 2 is 2.00 bits per heavy atom. The number of aliphatic imine (C=N–C) groups is 2. The summed E-state index contributed by atoms with van der Waals surface area (Å²) in [5, 5.41) is 17.0. The summed E-state index contributed by atoms with van der Waals surface area (Å²) >= 11 is 7.35. The van der Waals surface area contributed by atoms with Crippen LogP contribution >= 0.6 is 23.4 Å². The van der Waals surface area contributed by atoms with Crippen molar-refractivity contribution >= 4 is 58.0 Å². The summed E-state index contributed by atoms with van der Waals surface area (Å²) in [6.07, 6.45) is 3.18. The van der Waals surface area contributed by atoms with Gasteiger partial charge in [0.05, 0.1) is 5.69 Å². The minimum atomic E-state index is -0.430. The summed E-state index contributed by atoms with van der Waals surface area (Å²) < 4.78 is 6.53. The van der Waals surface area contributed by atoms with Gasteiger partial charge in [-0.3, -0.25) is 14.2 Å². The van der Waals surface area contributed by atoms with Crippen molar-refractivity contribution in [2.75, 3.05) is 10.7 Å². The van der Waals surface area contributed by atoms with Gasteiger partial charge in [0, 0.05) is 10.8 Å². The highest BCUT2D eigenvalue weighted by Gasteiger charge is 2.32. The van der Waals surface area contributed by atoms with Crippen LogP contribution in [-0.2, 0) is 11.3 Å². The van der Waals surface area contributed by atoms with E-state index >= 15 is 0 Å². The molecule has 4 rings (SSSR count). The number of hydrogen-bond donors (Lipinski definition) is 0. The lowest BCUT2D eigenvalue weighted by Crippen LogP contribution is -2.32. The second kappa shape index (κ2) is 9.80. The van der Waals surface area contributed by atoms with Crippen LogP contribution in [0.3, 0.4) is 0 Å². The first-order chi connectivity index (χ1) is 15.5. The minimum Gasteiger partial charge on any atom is -0.861 e. The van der Waals surface area contributed by atoms with Gasteiger partial charge in [-0.05, 0) is 42.7 Å². The van der Waals surface area contributed by atoms with Gasteiger partial charge in [-0.25, -0.2) is 9.98 Å². The summed E-state index contributed by atoms with van der Waals surface area (Å²) in [4.78, 5) is 23.0. The molecule has 0 spiro atoms. The van der Waals surface area contributed by atoms with E-state index in [1.807, 2.05) is 37.3 Å². The van der Waals surface area contributed by atoms with Crippen LogP contribution in [0.5, 0.6) is 0 Å². The Kier molecular flexibility index (Phi) is 6.67. The van der Waals surface area contributed by atoms with Gasteiger partial charge in [-0.1, -0.05) is 64.4 Å². The van der Waals surface area contributed by atoms with E-state index in [0.717, 1.165) is 11.8 Å². The van der Waals surface area contributed by atoms with E-state index in [1.54, 1.807) is 36.5 Å². The van der Waals surface area contributed by atoms with Gasteiger partial charge in [-0.2, -0.15) is 0 Å². The highest BCUT2D eigenvalue weighted by Crippen LogP contribution is 2.30. The van der Waals surface area contributed by atoms with E-state index in [-0.39, 0.29) is 23.2 Å². The molecule has 32 heavy (non-hydrogen) atoms. The number of benzene rings is 2. The summed E-state index contributed by atoms with van der Waals surface area (Å²) in [7, 11) is 0. The van der Waals surface area contributed by atoms with Gasteiger partial charge >= 0.3 is 5.88 Å². The van der Waals surface area contributed by atoms with Gasteiger partial charge in [0.1, 0.15) is 5.70 Å². The van der Waals surface area contributed by atoms with Crippen LogP contribution in [0, 0.1) is 0 Å². The molecule has 2 aromatic carbocycles. The SMILES string of the molecule is CC[n+]1cc(/N=C(/[O-])CSC2=N/C(=C/c3ccccc3Cl)C(=O)N2c2ccccc2)on1. The van der Waals surface area contributed by atoms with Gasteiger partial charge in [0.2, 0.25) is 5.27 Å². The van der Waals surface area contributed by atoms with Crippen molar-refractivity contribution in [1.82, 2.24) is 5.27 Å². The largest absolute Gasteiger partial charge is 0.861 e. The number of hydrogen-bond acceptors (Lipinski definition) is 7. The average Bonchev–Trinajstić information content (AvgIpc) is 3.38. The number of carbonyl (C=O) groups excluding carboxylic acids is 1. The van der Waals surface area contributed by atoms with Crippen molar-refractivity contribution in [3.05, 3.63) is 77.1 Å². The highest BCUT2D eigenvalue weighted by molar-refractivity contribution is 8.14. The van der Waals surface area contributed by atoms with Crippen molar-refractivity contribution in [3.8, 4) is 0 Å². The van der Waals surface area contributed by atoms with E-state index in [0.29, 0.717) is 28.0 Å². The predicted molar refractivity (Wildman–Crippen MR) is 123 cm³/mol. The monoisotopic (exact) mass is 467 g/mol. The second-order valence-corrected chi connectivity index (χ2v) is 7.96. The molecule has 0 unspecified atom stereocenters. The number of carbonyl (C=O) groups is 1. The maximum Gasteiger partial charge on any atom is 0.320 e. The number of anilines is 1. The molecule has 162 valence electrons. The molecule has 8 nitrogen and oxygen atoms in total. The summed E-state index contributed by atoms with van der Waals surface area (Å²) in [5.74, 6) is -0.633. The predicted octanol–water partition coefficient (Wildman–Crippen LogP) is 3.20. The maximum absolute atomic E-state index is 13.2. The van der Waals surface area contributed by atoms with Crippen LogP contribution in [0.4, 0.5) is 11.6 Å². The number of aryl methyl sites for hydroxylation is 1. The lowest BCUT2D eigenvalue weighted by atomic mass is 10.2. The van der Waals surface area contributed by atoms with Crippen molar-refractivity contribution in [3.63, 3.8) is 0 Å². The molecular formula is C22H18ClN5O3S. The molecule has 3 aromatic rings. The molecule has 1 aromatic heterocycles. The number of nitrogens with zero attached hydrogens (tertiary/aromatic N) is 5. The summed E-state index contributed by atoms with van der Waals surface area (Å²) in [5.41, 5.74) is 1.56. The van der Waals surface area contributed by atoms with Gasteiger partial charge in [-0.15, -0.1) is 0 Å². The van der Waals surface area contributed by atoms with Crippen molar-refractivity contribution < 1.29 is 19.1 Å². The molecule has 0 N–H and O–H groups in total. The van der Waals surface area contributed by atoms with Crippen LogP contribution in [0.25, 0.3) is 6.08 Å². The normalized spacial score (nSPS) is 15.5. The molecule has 1 aliphatic heterocycles. The first-order valence-electron chi connectivity index (χ1n) is 9.73. The Bertz CT molecular complexity index is 1220. The molecule has 0 saturated heterocycles. The first kappa shape index (κ1) is 21.8. The number of para-hydroxylation sites is 1. The molecule has 0 aliphatic carbocycles. The van der Waals surface area contributed by atoms with Crippen LogP contribution in [0.15, 0.2) is 81.0 Å². The first-order valence-corrected chi connectivity index (χ1v) is 11.1. The number of amides is 1. The number of halogens is 1. The van der Waals surface area contributed by atoms with Crippen LogP contribution in [0.2, 0.25) is 5.02 Å². The molecule has 2 heterocycles. The quantitative estimate of drug-likeness (QED) is 0.240. The topological polar surface area (TPSA) is 98.0 Å². The standard InChI is InChI=1S/C22H18ClN5O3S/c1-2-27-13-20(31-26-27)25-19(29)14-32-22-24-18(12-15-8-6-7-11-17(15)23)21(30)28(22)16-9-4-3-5-10-16/h3-13H,2,14H2,1H3/b18-12+. The number of thioether (sulfide) groups is 1. The maximum atomic E-state index is 13.2. The average molecular weight is 468 g/mol. The Morgan fingerprint density at radius 3 is 2.72 bits per heavy atom. The van der Waals surface area contributed by atoms with Crippen LogP contribution in [0.1, 0.15) is 12.5 Å². The molecule has 0 fully saturated rings. The van der Waals surface area contributed by atoms with E-state index < -0.39 is 5.90 Å². The molecule has 0 radical (unpaired) electrons. The Labute approximate surface area is 193 Å².